The molecule has 1 rings (SSSR count). The van der Waals surface area contributed by atoms with Crippen LogP contribution in [0.15, 0.2) is 0 Å². The third kappa shape index (κ3) is 3.24. The Morgan fingerprint density at radius 1 is 1.60 bits per heavy atom. The standard InChI is InChI=1S/C9H16N4OS/c1-4-5(2)7(10)8(14)11-9-13-12-6(3)15-9/h5,7H,4,10H2,1-3H3,(H,11,13,14). The van der Waals surface area contributed by atoms with Gasteiger partial charge in [0, 0.05) is 0 Å². The number of amides is 1. The van der Waals surface area contributed by atoms with Crippen LogP contribution in [0.4, 0.5) is 5.13 Å². The van der Waals surface area contributed by atoms with Gasteiger partial charge in [0.1, 0.15) is 5.01 Å². The van der Waals surface area contributed by atoms with Gasteiger partial charge in [-0.1, -0.05) is 31.6 Å². The van der Waals surface area contributed by atoms with E-state index in [4.69, 9.17) is 5.73 Å². The van der Waals surface area contributed by atoms with Crippen molar-refractivity contribution in [2.24, 2.45) is 11.7 Å². The van der Waals surface area contributed by atoms with E-state index in [0.717, 1.165) is 11.4 Å². The van der Waals surface area contributed by atoms with Crippen molar-refractivity contribution in [3.63, 3.8) is 0 Å². The lowest BCUT2D eigenvalue weighted by Crippen LogP contribution is -2.40. The number of carbonyl (C=O) groups excluding carboxylic acids is 1. The second-order valence-electron chi connectivity index (χ2n) is 3.53. The lowest BCUT2D eigenvalue weighted by molar-refractivity contribution is -0.118. The molecule has 0 radical (unpaired) electrons. The molecule has 6 heteroatoms. The van der Waals surface area contributed by atoms with Crippen molar-refractivity contribution in [1.82, 2.24) is 10.2 Å². The molecule has 2 unspecified atom stereocenters. The molecule has 0 aliphatic carbocycles. The van der Waals surface area contributed by atoms with Gasteiger partial charge in [-0.15, -0.1) is 10.2 Å². The summed E-state index contributed by atoms with van der Waals surface area (Å²) in [6, 6.07) is -0.487. The minimum absolute atomic E-state index is 0.166. The number of carbonyl (C=O) groups is 1. The first-order chi connectivity index (χ1) is 7.04. The number of rotatable bonds is 4. The molecule has 0 saturated carbocycles. The van der Waals surface area contributed by atoms with Crippen molar-refractivity contribution in [2.75, 3.05) is 5.32 Å². The monoisotopic (exact) mass is 228 g/mol. The molecule has 84 valence electrons. The van der Waals surface area contributed by atoms with Crippen LogP contribution >= 0.6 is 11.3 Å². The van der Waals surface area contributed by atoms with Crippen LogP contribution in [-0.4, -0.2) is 22.1 Å². The quantitative estimate of drug-likeness (QED) is 0.810. The van der Waals surface area contributed by atoms with Crippen LogP contribution < -0.4 is 11.1 Å². The summed E-state index contributed by atoms with van der Waals surface area (Å²) in [5, 5.41) is 11.6. The SMILES string of the molecule is CCC(C)C(N)C(=O)Nc1nnc(C)s1. The smallest absolute Gasteiger partial charge is 0.243 e. The third-order valence-electron chi connectivity index (χ3n) is 2.32. The van der Waals surface area contributed by atoms with E-state index >= 15 is 0 Å². The minimum Gasteiger partial charge on any atom is -0.320 e. The Morgan fingerprint density at radius 2 is 2.27 bits per heavy atom. The van der Waals surface area contributed by atoms with E-state index < -0.39 is 6.04 Å². The molecule has 1 heterocycles. The molecule has 0 aliphatic heterocycles. The van der Waals surface area contributed by atoms with Crippen molar-refractivity contribution >= 4 is 22.4 Å². The van der Waals surface area contributed by atoms with Crippen molar-refractivity contribution in [1.29, 1.82) is 0 Å². The molecule has 1 aromatic heterocycles. The number of hydrogen-bond donors (Lipinski definition) is 2. The van der Waals surface area contributed by atoms with Gasteiger partial charge in [-0.05, 0) is 12.8 Å². The van der Waals surface area contributed by atoms with Crippen LogP contribution in [0.2, 0.25) is 0 Å². The Morgan fingerprint density at radius 3 is 2.73 bits per heavy atom. The Hall–Kier alpha value is -1.01. The summed E-state index contributed by atoms with van der Waals surface area (Å²) in [5.41, 5.74) is 5.77. The highest BCUT2D eigenvalue weighted by atomic mass is 32.1. The van der Waals surface area contributed by atoms with E-state index in [1.807, 2.05) is 20.8 Å². The number of hydrogen-bond acceptors (Lipinski definition) is 5. The Balaban J connectivity index is 2.55. The molecule has 0 saturated heterocycles. The first-order valence-electron chi connectivity index (χ1n) is 4.91. The minimum atomic E-state index is -0.487. The zero-order chi connectivity index (χ0) is 11.4. The molecule has 0 bridgehead atoms. The van der Waals surface area contributed by atoms with Crippen LogP contribution in [0.3, 0.4) is 0 Å². The lowest BCUT2D eigenvalue weighted by atomic mass is 10.00. The molecule has 1 amide bonds. The van der Waals surface area contributed by atoms with Crippen molar-refractivity contribution < 1.29 is 4.79 Å². The van der Waals surface area contributed by atoms with E-state index in [-0.39, 0.29) is 11.8 Å². The second-order valence-corrected chi connectivity index (χ2v) is 4.71. The average molecular weight is 228 g/mol. The molecule has 0 fully saturated rings. The summed E-state index contributed by atoms with van der Waals surface area (Å²) >= 11 is 1.34. The fraction of sp³-hybridized carbons (Fsp3) is 0.667. The van der Waals surface area contributed by atoms with Crippen LogP contribution in [0.1, 0.15) is 25.3 Å². The van der Waals surface area contributed by atoms with Crippen molar-refractivity contribution in [2.45, 2.75) is 33.2 Å². The topological polar surface area (TPSA) is 80.9 Å². The van der Waals surface area contributed by atoms with Gasteiger partial charge in [-0.3, -0.25) is 10.1 Å². The number of nitrogens with zero attached hydrogens (tertiary/aromatic N) is 2. The number of aromatic nitrogens is 2. The molecule has 0 aromatic carbocycles. The zero-order valence-corrected chi connectivity index (χ0v) is 9.97. The number of nitrogens with two attached hydrogens (primary N) is 1. The Labute approximate surface area is 93.1 Å². The number of aryl methyl sites for hydroxylation is 1. The summed E-state index contributed by atoms with van der Waals surface area (Å²) < 4.78 is 0. The fourth-order valence-electron chi connectivity index (χ4n) is 1.05. The third-order valence-corrected chi connectivity index (χ3v) is 3.07. The molecule has 3 N–H and O–H groups in total. The first-order valence-corrected chi connectivity index (χ1v) is 5.72. The largest absolute Gasteiger partial charge is 0.320 e. The zero-order valence-electron chi connectivity index (χ0n) is 9.15. The van der Waals surface area contributed by atoms with Crippen LogP contribution in [0.5, 0.6) is 0 Å². The van der Waals surface area contributed by atoms with Gasteiger partial charge in [-0.2, -0.15) is 0 Å². The van der Waals surface area contributed by atoms with Crippen LogP contribution in [0, 0.1) is 12.8 Å². The normalized spacial score (nSPS) is 14.7. The van der Waals surface area contributed by atoms with Gasteiger partial charge < -0.3 is 5.73 Å². The highest BCUT2D eigenvalue weighted by Crippen LogP contribution is 2.15. The van der Waals surface area contributed by atoms with Gasteiger partial charge in [0.05, 0.1) is 6.04 Å². The molecular weight excluding hydrogens is 212 g/mol. The first kappa shape index (κ1) is 12.1. The Kier molecular flexibility index (Phi) is 4.16. The van der Waals surface area contributed by atoms with Gasteiger partial charge in [0.25, 0.3) is 0 Å². The highest BCUT2D eigenvalue weighted by molar-refractivity contribution is 7.15. The van der Waals surface area contributed by atoms with Crippen LogP contribution in [-0.2, 0) is 4.79 Å². The number of anilines is 1. The van der Waals surface area contributed by atoms with Gasteiger partial charge in [-0.25, -0.2) is 0 Å². The second kappa shape index (κ2) is 5.18. The molecule has 1 aromatic rings. The van der Waals surface area contributed by atoms with Gasteiger partial charge in [0.15, 0.2) is 0 Å². The average Bonchev–Trinajstić information content (AvgIpc) is 2.61. The summed E-state index contributed by atoms with van der Waals surface area (Å²) in [4.78, 5) is 11.6. The van der Waals surface area contributed by atoms with E-state index in [1.165, 1.54) is 11.3 Å². The van der Waals surface area contributed by atoms with E-state index in [0.29, 0.717) is 5.13 Å². The highest BCUT2D eigenvalue weighted by Gasteiger charge is 2.20. The van der Waals surface area contributed by atoms with E-state index in [1.54, 1.807) is 0 Å². The van der Waals surface area contributed by atoms with Crippen molar-refractivity contribution in [3.05, 3.63) is 5.01 Å². The van der Waals surface area contributed by atoms with Crippen molar-refractivity contribution in [3.8, 4) is 0 Å². The number of nitrogens with one attached hydrogen (secondary N) is 1. The maximum atomic E-state index is 11.6. The van der Waals surface area contributed by atoms with E-state index in [2.05, 4.69) is 15.5 Å². The predicted molar refractivity (Wildman–Crippen MR) is 60.7 cm³/mol. The molecule has 15 heavy (non-hydrogen) atoms. The van der Waals surface area contributed by atoms with Crippen LogP contribution in [0.25, 0.3) is 0 Å². The lowest BCUT2D eigenvalue weighted by Gasteiger charge is -2.16. The molecular formula is C9H16N4OS. The Bertz CT molecular complexity index is 339. The molecule has 5 nitrogen and oxygen atoms in total. The van der Waals surface area contributed by atoms with Gasteiger partial charge >= 0.3 is 0 Å². The molecule has 0 spiro atoms. The molecule has 2 atom stereocenters. The summed E-state index contributed by atoms with van der Waals surface area (Å²) in [7, 11) is 0. The van der Waals surface area contributed by atoms with Gasteiger partial charge in [0.2, 0.25) is 11.0 Å². The fourth-order valence-corrected chi connectivity index (χ4v) is 1.64. The maximum Gasteiger partial charge on any atom is 0.243 e. The summed E-state index contributed by atoms with van der Waals surface area (Å²) in [5.74, 6) is -0.0282. The maximum absolute atomic E-state index is 11.6. The summed E-state index contributed by atoms with van der Waals surface area (Å²) in [6.45, 7) is 5.80. The summed E-state index contributed by atoms with van der Waals surface area (Å²) in [6.07, 6.45) is 0.879. The van der Waals surface area contributed by atoms with E-state index in [9.17, 15) is 4.79 Å². The molecule has 0 aliphatic rings. The predicted octanol–water partition coefficient (Wildman–Crippen LogP) is 1.16.